The van der Waals surface area contributed by atoms with E-state index in [1.54, 1.807) is 23.7 Å². The molecular formula is C17H19N3O3. The summed E-state index contributed by atoms with van der Waals surface area (Å²) in [5, 5.41) is 13.8. The third kappa shape index (κ3) is 2.60. The van der Waals surface area contributed by atoms with Crippen molar-refractivity contribution < 1.29 is 14.7 Å². The maximum atomic E-state index is 12.7. The summed E-state index contributed by atoms with van der Waals surface area (Å²) >= 11 is 0. The van der Waals surface area contributed by atoms with Crippen LogP contribution in [0, 0.1) is 6.92 Å². The monoisotopic (exact) mass is 313 g/mol. The Bertz CT molecular complexity index is 751. The van der Waals surface area contributed by atoms with Crippen molar-refractivity contribution in [2.75, 3.05) is 6.54 Å². The lowest BCUT2D eigenvalue weighted by Gasteiger charge is -2.31. The van der Waals surface area contributed by atoms with Gasteiger partial charge in [0.2, 0.25) is 0 Å². The lowest BCUT2D eigenvalue weighted by molar-refractivity contribution is -0.147. The fourth-order valence-electron chi connectivity index (χ4n) is 2.98. The highest BCUT2D eigenvalue weighted by Crippen LogP contribution is 2.30. The summed E-state index contributed by atoms with van der Waals surface area (Å²) in [5.74, 6) is -1.19. The van der Waals surface area contributed by atoms with Gasteiger partial charge in [0.25, 0.3) is 5.91 Å². The van der Waals surface area contributed by atoms with E-state index in [1.807, 2.05) is 31.3 Å². The van der Waals surface area contributed by atoms with E-state index < -0.39 is 11.5 Å². The van der Waals surface area contributed by atoms with E-state index in [2.05, 4.69) is 5.10 Å². The summed E-state index contributed by atoms with van der Waals surface area (Å²) in [6, 6.07) is 8.97. The first kappa shape index (κ1) is 15.3. The van der Waals surface area contributed by atoms with E-state index in [-0.39, 0.29) is 5.91 Å². The van der Waals surface area contributed by atoms with Crippen LogP contribution >= 0.6 is 0 Å². The first-order valence-electron chi connectivity index (χ1n) is 7.60. The van der Waals surface area contributed by atoms with Gasteiger partial charge in [-0.05, 0) is 57.0 Å². The van der Waals surface area contributed by atoms with Crippen LogP contribution in [0.5, 0.6) is 0 Å². The van der Waals surface area contributed by atoms with E-state index in [4.69, 9.17) is 0 Å². The molecule has 1 fully saturated rings. The molecule has 2 aromatic rings. The van der Waals surface area contributed by atoms with Crippen LogP contribution in [0.15, 0.2) is 36.5 Å². The molecule has 0 bridgehead atoms. The van der Waals surface area contributed by atoms with Crippen LogP contribution in [-0.4, -0.2) is 43.7 Å². The fourth-order valence-corrected chi connectivity index (χ4v) is 2.98. The lowest BCUT2D eigenvalue weighted by atomic mass is 9.98. The number of aliphatic carboxylic acids is 1. The van der Waals surface area contributed by atoms with Crippen LogP contribution < -0.4 is 0 Å². The summed E-state index contributed by atoms with van der Waals surface area (Å²) in [5.41, 5.74) is 1.15. The number of hydrogen-bond acceptors (Lipinski definition) is 3. The third-order valence-electron chi connectivity index (χ3n) is 4.45. The van der Waals surface area contributed by atoms with Crippen molar-refractivity contribution in [1.82, 2.24) is 14.7 Å². The molecule has 1 aliphatic heterocycles. The van der Waals surface area contributed by atoms with Gasteiger partial charge in [0.05, 0.1) is 11.4 Å². The number of likely N-dealkylation sites (tertiary alicyclic amines) is 1. The van der Waals surface area contributed by atoms with Gasteiger partial charge in [0.15, 0.2) is 0 Å². The normalized spacial score (nSPS) is 20.7. The summed E-state index contributed by atoms with van der Waals surface area (Å²) in [6.45, 7) is 4.00. The Morgan fingerprint density at radius 1 is 1.22 bits per heavy atom. The number of rotatable bonds is 3. The van der Waals surface area contributed by atoms with Crippen LogP contribution in [0.1, 0.15) is 35.8 Å². The maximum absolute atomic E-state index is 12.7. The molecule has 1 amide bonds. The minimum atomic E-state index is -1.12. The molecule has 1 unspecified atom stereocenters. The van der Waals surface area contributed by atoms with Gasteiger partial charge < -0.3 is 10.0 Å². The molecule has 6 heteroatoms. The van der Waals surface area contributed by atoms with Crippen molar-refractivity contribution in [2.45, 2.75) is 32.2 Å². The Morgan fingerprint density at radius 3 is 2.48 bits per heavy atom. The Hall–Kier alpha value is -2.63. The topological polar surface area (TPSA) is 75.4 Å². The quantitative estimate of drug-likeness (QED) is 0.943. The molecule has 0 aliphatic carbocycles. The van der Waals surface area contributed by atoms with Gasteiger partial charge in [-0.3, -0.25) is 4.79 Å². The average molecular weight is 313 g/mol. The first-order chi connectivity index (χ1) is 10.9. The average Bonchev–Trinajstić information content (AvgIpc) is 3.14. The van der Waals surface area contributed by atoms with E-state index >= 15 is 0 Å². The molecule has 0 spiro atoms. The number of benzene rings is 1. The molecule has 2 heterocycles. The SMILES string of the molecule is Cc1ccn(-c2ccc(C(=O)N3CCCC3(C)C(=O)O)cc2)n1. The van der Waals surface area contributed by atoms with Gasteiger partial charge in [-0.15, -0.1) is 0 Å². The van der Waals surface area contributed by atoms with Gasteiger partial charge in [-0.2, -0.15) is 5.10 Å². The van der Waals surface area contributed by atoms with E-state index in [0.29, 0.717) is 24.9 Å². The molecular weight excluding hydrogens is 294 g/mol. The number of nitrogens with zero attached hydrogens (tertiary/aromatic N) is 3. The van der Waals surface area contributed by atoms with Gasteiger partial charge in [0.1, 0.15) is 5.54 Å². The molecule has 1 N–H and O–H groups in total. The zero-order chi connectivity index (χ0) is 16.6. The highest BCUT2D eigenvalue weighted by molar-refractivity contribution is 5.98. The molecule has 1 atom stereocenters. The molecule has 1 aromatic heterocycles. The minimum Gasteiger partial charge on any atom is -0.480 e. The second kappa shape index (κ2) is 5.53. The number of hydrogen-bond donors (Lipinski definition) is 1. The molecule has 23 heavy (non-hydrogen) atoms. The number of aryl methyl sites for hydroxylation is 1. The van der Waals surface area contributed by atoms with E-state index in [1.165, 1.54) is 4.90 Å². The zero-order valence-electron chi connectivity index (χ0n) is 13.2. The highest BCUT2D eigenvalue weighted by atomic mass is 16.4. The molecule has 1 aromatic carbocycles. The zero-order valence-corrected chi connectivity index (χ0v) is 13.2. The van der Waals surface area contributed by atoms with E-state index in [0.717, 1.165) is 11.4 Å². The van der Waals surface area contributed by atoms with Gasteiger partial charge in [-0.1, -0.05) is 0 Å². The molecule has 120 valence electrons. The van der Waals surface area contributed by atoms with Gasteiger partial charge >= 0.3 is 5.97 Å². The molecule has 1 aliphatic rings. The Labute approximate surface area is 134 Å². The van der Waals surface area contributed by atoms with Crippen molar-refractivity contribution in [3.63, 3.8) is 0 Å². The van der Waals surface area contributed by atoms with Crippen LogP contribution in [0.25, 0.3) is 5.69 Å². The predicted octanol–water partition coefficient (Wildman–Crippen LogP) is 2.26. The van der Waals surface area contributed by atoms with Crippen LogP contribution in [0.4, 0.5) is 0 Å². The van der Waals surface area contributed by atoms with E-state index in [9.17, 15) is 14.7 Å². The van der Waals surface area contributed by atoms with Crippen LogP contribution in [-0.2, 0) is 4.79 Å². The number of carbonyl (C=O) groups is 2. The molecule has 1 saturated heterocycles. The molecule has 6 nitrogen and oxygen atoms in total. The summed E-state index contributed by atoms with van der Waals surface area (Å²) in [4.78, 5) is 25.6. The highest BCUT2D eigenvalue weighted by Gasteiger charge is 2.46. The molecule has 3 rings (SSSR count). The predicted molar refractivity (Wildman–Crippen MR) is 84.6 cm³/mol. The van der Waals surface area contributed by atoms with Crippen LogP contribution in [0.2, 0.25) is 0 Å². The summed E-state index contributed by atoms with van der Waals surface area (Å²) < 4.78 is 1.74. The summed E-state index contributed by atoms with van der Waals surface area (Å²) in [7, 11) is 0. The minimum absolute atomic E-state index is 0.240. The fraction of sp³-hybridized carbons (Fsp3) is 0.353. The van der Waals surface area contributed by atoms with Crippen molar-refractivity contribution in [3.8, 4) is 5.69 Å². The second-order valence-electron chi connectivity index (χ2n) is 6.09. The first-order valence-corrected chi connectivity index (χ1v) is 7.60. The Kier molecular flexibility index (Phi) is 3.67. The van der Waals surface area contributed by atoms with Crippen LogP contribution in [0.3, 0.4) is 0 Å². The van der Waals surface area contributed by atoms with Crippen molar-refractivity contribution in [2.24, 2.45) is 0 Å². The van der Waals surface area contributed by atoms with Crippen molar-refractivity contribution in [1.29, 1.82) is 0 Å². The number of amides is 1. The smallest absolute Gasteiger partial charge is 0.329 e. The summed E-state index contributed by atoms with van der Waals surface area (Å²) in [6.07, 6.45) is 3.05. The third-order valence-corrected chi connectivity index (χ3v) is 4.45. The number of carboxylic acids is 1. The lowest BCUT2D eigenvalue weighted by Crippen LogP contribution is -2.50. The molecule has 0 radical (unpaired) electrons. The standard InChI is InChI=1S/C17H19N3O3/c1-12-8-11-20(18-12)14-6-4-13(5-7-14)15(21)19-10-3-9-17(19,2)16(22)23/h4-8,11H,3,9-10H2,1-2H3,(H,22,23). The van der Waals surface area contributed by atoms with Crippen molar-refractivity contribution in [3.05, 3.63) is 47.8 Å². The maximum Gasteiger partial charge on any atom is 0.329 e. The van der Waals surface area contributed by atoms with Crippen molar-refractivity contribution >= 4 is 11.9 Å². The second-order valence-corrected chi connectivity index (χ2v) is 6.09. The number of aromatic nitrogens is 2. The molecule has 0 saturated carbocycles. The van der Waals surface area contributed by atoms with Gasteiger partial charge in [-0.25, -0.2) is 9.48 Å². The Morgan fingerprint density at radius 2 is 1.91 bits per heavy atom. The Balaban J connectivity index is 1.84. The van der Waals surface area contributed by atoms with Gasteiger partial charge in [0, 0.05) is 18.3 Å². The number of carboxylic acid groups (broad SMARTS) is 1. The largest absolute Gasteiger partial charge is 0.480 e. The number of carbonyl (C=O) groups excluding carboxylic acids is 1.